The lowest BCUT2D eigenvalue weighted by Crippen LogP contribution is -2.37. The predicted molar refractivity (Wildman–Crippen MR) is 224 cm³/mol. The van der Waals surface area contributed by atoms with Crippen molar-refractivity contribution < 1.29 is 42.1 Å². The van der Waals surface area contributed by atoms with Crippen LogP contribution in [0.3, 0.4) is 0 Å². The number of rotatable bonds is 41. The van der Waals surface area contributed by atoms with Crippen LogP contribution in [0.25, 0.3) is 0 Å². The van der Waals surface area contributed by atoms with Gasteiger partial charge < -0.3 is 18.9 Å². The maximum atomic E-state index is 12.7. The predicted octanol–water partition coefficient (Wildman–Crippen LogP) is 12.6. The topological polar surface area (TPSA) is 108 Å². The highest BCUT2D eigenvalue weighted by Crippen LogP contribution is 2.43. The quantitative estimate of drug-likeness (QED) is 0.0214. The smallest absolute Gasteiger partial charge is 0.462 e. The summed E-state index contributed by atoms with van der Waals surface area (Å²) in [5.74, 6) is -0.794. The van der Waals surface area contributed by atoms with E-state index in [9.17, 15) is 19.0 Å². The highest BCUT2D eigenvalue weighted by Gasteiger charge is 2.27. The van der Waals surface area contributed by atoms with Gasteiger partial charge in [-0.15, -0.1) is 0 Å². The zero-order valence-corrected chi connectivity index (χ0v) is 36.9. The lowest BCUT2D eigenvalue weighted by molar-refractivity contribution is -0.870. The summed E-state index contributed by atoms with van der Waals surface area (Å²) in [6, 6.07) is 0. The average Bonchev–Trinajstić information content (AvgIpc) is 3.12. The second-order valence-electron chi connectivity index (χ2n) is 16.4. The van der Waals surface area contributed by atoms with Gasteiger partial charge in [-0.05, 0) is 38.5 Å². The number of hydrogen-bond donors (Lipinski definition) is 1. The second kappa shape index (κ2) is 37.3. The van der Waals surface area contributed by atoms with Gasteiger partial charge >= 0.3 is 19.8 Å². The number of unbranched alkanes of at least 4 members (excludes halogenated alkanes) is 25. The molecule has 2 atom stereocenters. The highest BCUT2D eigenvalue weighted by molar-refractivity contribution is 7.47. The Bertz CT molecular complexity index is 938. The number of nitrogens with zero attached hydrogens (tertiary/aromatic N) is 1. The van der Waals surface area contributed by atoms with Crippen molar-refractivity contribution >= 4 is 19.8 Å². The lowest BCUT2D eigenvalue weighted by Gasteiger charge is -2.24. The van der Waals surface area contributed by atoms with E-state index in [4.69, 9.17) is 18.5 Å². The van der Waals surface area contributed by atoms with Crippen molar-refractivity contribution in [2.24, 2.45) is 0 Å². The first-order chi connectivity index (χ1) is 26.0. The van der Waals surface area contributed by atoms with Crippen LogP contribution in [-0.2, 0) is 32.7 Å². The van der Waals surface area contributed by atoms with Gasteiger partial charge in [0.05, 0.1) is 27.7 Å². The van der Waals surface area contributed by atoms with Gasteiger partial charge in [0.15, 0.2) is 6.10 Å². The summed E-state index contributed by atoms with van der Waals surface area (Å²) in [6.07, 6.45) is 38.2. The van der Waals surface area contributed by atoms with Gasteiger partial charge in [0.1, 0.15) is 19.8 Å². The van der Waals surface area contributed by atoms with Gasteiger partial charge in [0, 0.05) is 12.8 Å². The number of esters is 2. The summed E-state index contributed by atoms with van der Waals surface area (Å²) in [5.41, 5.74) is 0. The fraction of sp³-hybridized carbons (Fsp3) is 0.909. The first-order valence-corrected chi connectivity index (χ1v) is 23.9. The summed E-state index contributed by atoms with van der Waals surface area (Å²) in [6.45, 7) is 4.43. The third-order valence-electron chi connectivity index (χ3n) is 9.80. The van der Waals surface area contributed by atoms with Crippen LogP contribution >= 0.6 is 7.82 Å². The SMILES string of the molecule is CCCCCC/C=C\CCCCCCCCCC(=O)O[C@H](COC(=O)CCCCCCCCCCCCCCCCC)COP(=O)(O)OCC[N+](C)(C)C. The van der Waals surface area contributed by atoms with E-state index in [0.717, 1.165) is 44.9 Å². The van der Waals surface area contributed by atoms with Crippen LogP contribution in [0.15, 0.2) is 12.2 Å². The van der Waals surface area contributed by atoms with Crippen molar-refractivity contribution in [3.8, 4) is 0 Å². The molecular weight excluding hydrogens is 701 g/mol. The van der Waals surface area contributed by atoms with Crippen molar-refractivity contribution in [1.29, 1.82) is 0 Å². The minimum atomic E-state index is -4.37. The summed E-state index contributed by atoms with van der Waals surface area (Å²) in [7, 11) is 1.48. The average molecular weight is 789 g/mol. The number of phosphoric ester groups is 1. The van der Waals surface area contributed by atoms with E-state index in [2.05, 4.69) is 26.0 Å². The molecule has 0 heterocycles. The summed E-state index contributed by atoms with van der Waals surface area (Å²) in [5, 5.41) is 0. The van der Waals surface area contributed by atoms with E-state index in [1.807, 2.05) is 21.1 Å². The van der Waals surface area contributed by atoms with Crippen LogP contribution < -0.4 is 0 Å². The van der Waals surface area contributed by atoms with E-state index in [0.29, 0.717) is 23.9 Å². The maximum Gasteiger partial charge on any atom is 0.472 e. The van der Waals surface area contributed by atoms with Gasteiger partial charge in [-0.2, -0.15) is 0 Å². The number of carbonyl (C=O) groups excluding carboxylic acids is 2. The molecule has 0 amide bonds. The van der Waals surface area contributed by atoms with Crippen LogP contribution in [0.5, 0.6) is 0 Å². The van der Waals surface area contributed by atoms with Gasteiger partial charge in [-0.25, -0.2) is 4.57 Å². The third-order valence-corrected chi connectivity index (χ3v) is 10.8. The number of carbonyl (C=O) groups is 2. The number of phosphoric acid groups is 1. The molecule has 9 nitrogen and oxygen atoms in total. The fourth-order valence-electron chi connectivity index (χ4n) is 6.24. The number of hydrogen-bond acceptors (Lipinski definition) is 7. The van der Waals surface area contributed by atoms with Gasteiger partial charge in [-0.1, -0.05) is 167 Å². The number of quaternary nitrogens is 1. The van der Waals surface area contributed by atoms with E-state index < -0.39 is 26.5 Å². The van der Waals surface area contributed by atoms with Crippen molar-refractivity contribution in [2.75, 3.05) is 47.5 Å². The van der Waals surface area contributed by atoms with Crippen molar-refractivity contribution in [1.82, 2.24) is 0 Å². The van der Waals surface area contributed by atoms with Crippen molar-refractivity contribution in [3.05, 3.63) is 12.2 Å². The molecule has 1 N–H and O–H groups in total. The molecule has 0 radical (unpaired) electrons. The van der Waals surface area contributed by atoms with E-state index in [-0.39, 0.29) is 25.6 Å². The Morgan fingerprint density at radius 1 is 0.556 bits per heavy atom. The Balaban J connectivity index is 4.33. The number of allylic oxidation sites excluding steroid dienone is 2. The van der Waals surface area contributed by atoms with Crippen LogP contribution in [0.1, 0.15) is 206 Å². The highest BCUT2D eigenvalue weighted by atomic mass is 31.2. The molecule has 0 aliphatic rings. The standard InChI is InChI=1S/C44H86NO8P/c1-6-8-10-12-14-16-18-20-22-24-26-28-30-32-34-36-43(46)50-40-42(41-52-54(48,49)51-39-38-45(3,4)5)53-44(47)37-35-33-31-29-27-25-23-21-19-17-15-13-11-9-7-2/h17,19,42H,6-16,18,20-41H2,1-5H3/p+1/b19-17-/t42-/m1/s1. The van der Waals surface area contributed by atoms with Gasteiger partial charge in [0.2, 0.25) is 0 Å². The van der Waals surface area contributed by atoms with Crippen LogP contribution in [0.2, 0.25) is 0 Å². The first kappa shape index (κ1) is 52.8. The lowest BCUT2D eigenvalue weighted by atomic mass is 10.0. The van der Waals surface area contributed by atoms with E-state index in [1.54, 1.807) is 0 Å². The Labute approximate surface area is 333 Å². The summed E-state index contributed by atoms with van der Waals surface area (Å²) >= 11 is 0. The van der Waals surface area contributed by atoms with Gasteiger partial charge in [-0.3, -0.25) is 18.6 Å². The molecule has 0 saturated heterocycles. The largest absolute Gasteiger partial charge is 0.472 e. The molecule has 0 aliphatic carbocycles. The monoisotopic (exact) mass is 789 g/mol. The molecule has 0 rings (SSSR count). The molecule has 0 aromatic rings. The Morgan fingerprint density at radius 2 is 0.944 bits per heavy atom. The van der Waals surface area contributed by atoms with Gasteiger partial charge in [0.25, 0.3) is 0 Å². The molecule has 0 bridgehead atoms. The third kappa shape index (κ3) is 40.4. The normalized spacial score (nSPS) is 13.7. The summed E-state index contributed by atoms with van der Waals surface area (Å²) in [4.78, 5) is 35.4. The zero-order chi connectivity index (χ0) is 40.0. The number of ether oxygens (including phenoxy) is 2. The number of likely N-dealkylation sites (N-methyl/N-ethyl adjacent to an activating group) is 1. The fourth-order valence-corrected chi connectivity index (χ4v) is 6.99. The van der Waals surface area contributed by atoms with Crippen LogP contribution in [-0.4, -0.2) is 74.9 Å². The van der Waals surface area contributed by atoms with Crippen LogP contribution in [0.4, 0.5) is 0 Å². The molecule has 54 heavy (non-hydrogen) atoms. The van der Waals surface area contributed by atoms with Crippen molar-refractivity contribution in [3.63, 3.8) is 0 Å². The molecule has 0 fully saturated rings. The molecule has 0 aliphatic heterocycles. The molecule has 1 unspecified atom stereocenters. The Morgan fingerprint density at radius 3 is 1.39 bits per heavy atom. The molecule has 0 saturated carbocycles. The minimum Gasteiger partial charge on any atom is -0.462 e. The Kier molecular flexibility index (Phi) is 36.5. The zero-order valence-electron chi connectivity index (χ0n) is 36.0. The second-order valence-corrected chi connectivity index (χ2v) is 17.9. The molecule has 0 spiro atoms. The summed E-state index contributed by atoms with van der Waals surface area (Å²) < 4.78 is 34.3. The molecule has 0 aromatic heterocycles. The molecule has 320 valence electrons. The molecule has 10 heteroatoms. The molecule has 0 aromatic carbocycles. The van der Waals surface area contributed by atoms with E-state index >= 15 is 0 Å². The minimum absolute atomic E-state index is 0.0339. The van der Waals surface area contributed by atoms with Crippen molar-refractivity contribution in [2.45, 2.75) is 213 Å². The van der Waals surface area contributed by atoms with E-state index in [1.165, 1.54) is 128 Å². The molecular formula is C44H87NO8P+. The first-order valence-electron chi connectivity index (χ1n) is 22.4. The Hall–Kier alpha value is -1.25. The maximum absolute atomic E-state index is 12.7. The van der Waals surface area contributed by atoms with Crippen LogP contribution in [0, 0.1) is 0 Å².